The highest BCUT2D eigenvalue weighted by molar-refractivity contribution is 5.89. The van der Waals surface area contributed by atoms with E-state index in [4.69, 9.17) is 4.74 Å². The predicted molar refractivity (Wildman–Crippen MR) is 93.8 cm³/mol. The van der Waals surface area contributed by atoms with Crippen LogP contribution >= 0.6 is 0 Å². The van der Waals surface area contributed by atoms with Gasteiger partial charge in [-0.25, -0.2) is 4.79 Å². The molecule has 2 amide bonds. The molecule has 1 N–H and O–H groups in total. The first-order valence-electron chi connectivity index (χ1n) is 7.98. The number of urea groups is 1. The third-order valence-electron chi connectivity index (χ3n) is 3.55. The predicted octanol–water partition coefficient (Wildman–Crippen LogP) is 4.53. The van der Waals surface area contributed by atoms with Gasteiger partial charge in [-0.1, -0.05) is 43.7 Å². The van der Waals surface area contributed by atoms with Gasteiger partial charge in [0.05, 0.1) is 0 Å². The molecule has 0 aromatic heterocycles. The summed E-state index contributed by atoms with van der Waals surface area (Å²) in [5.74, 6) is 0.784. The smallest absolute Gasteiger partial charge is 0.321 e. The summed E-state index contributed by atoms with van der Waals surface area (Å²) in [5.41, 5.74) is 1.90. The van der Waals surface area contributed by atoms with E-state index in [1.54, 1.807) is 4.90 Å². The van der Waals surface area contributed by atoms with E-state index in [0.717, 1.165) is 36.4 Å². The van der Waals surface area contributed by atoms with Crippen LogP contribution in [0.4, 0.5) is 10.5 Å². The third-order valence-corrected chi connectivity index (χ3v) is 3.55. The second-order valence-corrected chi connectivity index (χ2v) is 5.50. The average Bonchev–Trinajstić information content (AvgIpc) is 2.60. The van der Waals surface area contributed by atoms with Crippen LogP contribution in [0, 0.1) is 0 Å². The van der Waals surface area contributed by atoms with E-state index in [-0.39, 0.29) is 6.03 Å². The quantitative estimate of drug-likeness (QED) is 0.816. The summed E-state index contributed by atoms with van der Waals surface area (Å²) in [5, 5.41) is 2.88. The Kier molecular flexibility index (Phi) is 6.48. The Morgan fingerprint density at radius 3 is 2.43 bits per heavy atom. The number of hydrogen-bond acceptors (Lipinski definition) is 2. The van der Waals surface area contributed by atoms with Crippen LogP contribution < -0.4 is 10.1 Å². The van der Waals surface area contributed by atoms with E-state index in [9.17, 15) is 4.79 Å². The van der Waals surface area contributed by atoms with Gasteiger partial charge in [-0.3, -0.25) is 0 Å². The van der Waals surface area contributed by atoms with Crippen LogP contribution in [-0.2, 0) is 6.61 Å². The van der Waals surface area contributed by atoms with E-state index >= 15 is 0 Å². The number of unbranched alkanes of at least 4 members (excludes halogenated alkanes) is 1. The van der Waals surface area contributed by atoms with Crippen molar-refractivity contribution in [2.75, 3.05) is 18.9 Å². The normalized spacial score (nSPS) is 10.2. The number of rotatable bonds is 7. The summed E-state index contributed by atoms with van der Waals surface area (Å²) in [6, 6.07) is 17.4. The lowest BCUT2D eigenvalue weighted by atomic mass is 10.2. The molecule has 0 radical (unpaired) electrons. The number of carbonyl (C=O) groups excluding carboxylic acids is 1. The monoisotopic (exact) mass is 312 g/mol. The highest BCUT2D eigenvalue weighted by atomic mass is 16.5. The molecular weight excluding hydrogens is 288 g/mol. The third kappa shape index (κ3) is 5.66. The van der Waals surface area contributed by atoms with E-state index in [1.807, 2.05) is 61.6 Å². The lowest BCUT2D eigenvalue weighted by Crippen LogP contribution is -2.32. The van der Waals surface area contributed by atoms with Gasteiger partial charge in [0.25, 0.3) is 0 Å². The minimum absolute atomic E-state index is 0.0867. The van der Waals surface area contributed by atoms with Crippen molar-refractivity contribution in [3.8, 4) is 5.75 Å². The molecule has 0 bridgehead atoms. The van der Waals surface area contributed by atoms with Crippen LogP contribution in [0.1, 0.15) is 25.3 Å². The second-order valence-electron chi connectivity index (χ2n) is 5.50. The molecule has 0 unspecified atom stereocenters. The van der Waals surface area contributed by atoms with Crippen molar-refractivity contribution in [3.63, 3.8) is 0 Å². The first-order valence-corrected chi connectivity index (χ1v) is 7.98. The molecule has 2 rings (SSSR count). The summed E-state index contributed by atoms with van der Waals surface area (Å²) in [7, 11) is 1.81. The van der Waals surface area contributed by atoms with Crippen LogP contribution in [0.25, 0.3) is 0 Å². The second kappa shape index (κ2) is 8.83. The number of anilines is 1. The highest BCUT2D eigenvalue weighted by Crippen LogP contribution is 2.17. The van der Waals surface area contributed by atoms with Crippen LogP contribution in [-0.4, -0.2) is 24.5 Å². The molecule has 0 aliphatic heterocycles. The summed E-state index contributed by atoms with van der Waals surface area (Å²) in [6.45, 7) is 3.41. The zero-order valence-electron chi connectivity index (χ0n) is 13.8. The average molecular weight is 312 g/mol. The Hall–Kier alpha value is -2.49. The SMILES string of the molecule is CCCCN(C)C(=O)Nc1ccc(OCc2ccccc2)cc1. The maximum Gasteiger partial charge on any atom is 0.321 e. The molecule has 2 aromatic carbocycles. The molecule has 4 heteroatoms. The summed E-state index contributed by atoms with van der Waals surface area (Å²) in [6.07, 6.45) is 2.08. The number of ether oxygens (including phenoxy) is 1. The lowest BCUT2D eigenvalue weighted by molar-refractivity contribution is 0.222. The Bertz CT molecular complexity index is 597. The molecular formula is C19H24N2O2. The highest BCUT2D eigenvalue weighted by Gasteiger charge is 2.07. The van der Waals surface area contributed by atoms with Crippen molar-refractivity contribution in [3.05, 3.63) is 60.2 Å². The fraction of sp³-hybridized carbons (Fsp3) is 0.316. The van der Waals surface area contributed by atoms with Crippen molar-refractivity contribution in [2.45, 2.75) is 26.4 Å². The van der Waals surface area contributed by atoms with Gasteiger partial charge in [0, 0.05) is 19.3 Å². The fourth-order valence-corrected chi connectivity index (χ4v) is 2.09. The van der Waals surface area contributed by atoms with Gasteiger partial charge in [-0.15, -0.1) is 0 Å². The zero-order valence-corrected chi connectivity index (χ0v) is 13.8. The van der Waals surface area contributed by atoms with Crippen molar-refractivity contribution >= 4 is 11.7 Å². The van der Waals surface area contributed by atoms with Gasteiger partial charge in [0.2, 0.25) is 0 Å². The Morgan fingerprint density at radius 2 is 1.78 bits per heavy atom. The molecule has 0 saturated carbocycles. The van der Waals surface area contributed by atoms with Gasteiger partial charge in [-0.05, 0) is 36.2 Å². The maximum absolute atomic E-state index is 12.0. The van der Waals surface area contributed by atoms with Crippen molar-refractivity contribution in [1.82, 2.24) is 4.90 Å². The van der Waals surface area contributed by atoms with Crippen molar-refractivity contribution in [1.29, 1.82) is 0 Å². The number of nitrogens with one attached hydrogen (secondary N) is 1. The molecule has 0 saturated heterocycles. The Morgan fingerprint density at radius 1 is 1.09 bits per heavy atom. The van der Waals surface area contributed by atoms with E-state index in [2.05, 4.69) is 12.2 Å². The molecule has 0 spiro atoms. The summed E-state index contributed by atoms with van der Waals surface area (Å²) < 4.78 is 5.73. The molecule has 4 nitrogen and oxygen atoms in total. The minimum atomic E-state index is -0.0867. The molecule has 0 aliphatic carbocycles. The Balaban J connectivity index is 1.83. The molecule has 0 atom stereocenters. The summed E-state index contributed by atoms with van der Waals surface area (Å²) >= 11 is 0. The first kappa shape index (κ1) is 16.9. The van der Waals surface area contributed by atoms with E-state index < -0.39 is 0 Å². The van der Waals surface area contributed by atoms with E-state index in [0.29, 0.717) is 6.61 Å². The lowest BCUT2D eigenvalue weighted by Gasteiger charge is -2.17. The van der Waals surface area contributed by atoms with Gasteiger partial charge in [0.15, 0.2) is 0 Å². The fourth-order valence-electron chi connectivity index (χ4n) is 2.09. The number of amides is 2. The van der Waals surface area contributed by atoms with Gasteiger partial charge in [0.1, 0.15) is 12.4 Å². The van der Waals surface area contributed by atoms with Crippen molar-refractivity contribution in [2.24, 2.45) is 0 Å². The molecule has 2 aromatic rings. The molecule has 0 heterocycles. The molecule has 0 aliphatic rings. The largest absolute Gasteiger partial charge is 0.489 e. The molecule has 122 valence electrons. The maximum atomic E-state index is 12.0. The molecule has 0 fully saturated rings. The van der Waals surface area contributed by atoms with Crippen LogP contribution in [0.5, 0.6) is 5.75 Å². The van der Waals surface area contributed by atoms with Crippen molar-refractivity contribution < 1.29 is 9.53 Å². The minimum Gasteiger partial charge on any atom is -0.489 e. The van der Waals surface area contributed by atoms with Crippen LogP contribution in [0.3, 0.4) is 0 Å². The topological polar surface area (TPSA) is 41.6 Å². The Labute approximate surface area is 138 Å². The summed E-state index contributed by atoms with van der Waals surface area (Å²) in [4.78, 5) is 13.7. The van der Waals surface area contributed by atoms with Gasteiger partial charge in [-0.2, -0.15) is 0 Å². The number of benzene rings is 2. The van der Waals surface area contributed by atoms with Crippen LogP contribution in [0.15, 0.2) is 54.6 Å². The zero-order chi connectivity index (χ0) is 16.5. The molecule has 23 heavy (non-hydrogen) atoms. The van der Waals surface area contributed by atoms with Crippen LogP contribution in [0.2, 0.25) is 0 Å². The van der Waals surface area contributed by atoms with Gasteiger partial charge >= 0.3 is 6.03 Å². The van der Waals surface area contributed by atoms with Gasteiger partial charge < -0.3 is 15.0 Å². The number of hydrogen-bond donors (Lipinski definition) is 1. The number of carbonyl (C=O) groups is 1. The standard InChI is InChI=1S/C19H24N2O2/c1-3-4-14-21(2)19(22)20-17-10-12-18(13-11-17)23-15-16-8-6-5-7-9-16/h5-13H,3-4,14-15H2,1-2H3,(H,20,22). The van der Waals surface area contributed by atoms with E-state index in [1.165, 1.54) is 0 Å². The first-order chi connectivity index (χ1) is 11.2. The number of nitrogens with zero attached hydrogens (tertiary/aromatic N) is 1.